The van der Waals surface area contributed by atoms with Gasteiger partial charge in [0, 0.05) is 25.7 Å². The molecule has 8 heteroatoms. The molecule has 0 unspecified atom stereocenters. The fraction of sp³-hybridized carbons (Fsp3) is 0.458. The summed E-state index contributed by atoms with van der Waals surface area (Å²) >= 11 is 0. The molecule has 1 fully saturated rings. The van der Waals surface area contributed by atoms with Crippen molar-refractivity contribution in [1.82, 2.24) is 15.1 Å². The van der Waals surface area contributed by atoms with Gasteiger partial charge in [0.1, 0.15) is 5.75 Å². The van der Waals surface area contributed by atoms with E-state index < -0.39 is 0 Å². The van der Waals surface area contributed by atoms with E-state index in [0.717, 1.165) is 10.8 Å². The Kier molecular flexibility index (Phi) is 8.05. The molecule has 1 saturated heterocycles. The maximum absolute atomic E-state index is 13.2. The molecule has 3 rings (SSSR count). The predicted octanol–water partition coefficient (Wildman–Crippen LogP) is 2.06. The minimum Gasteiger partial charge on any atom is -0.483 e. The van der Waals surface area contributed by atoms with Crippen LogP contribution < -0.4 is 10.1 Å². The number of morpholine rings is 1. The van der Waals surface area contributed by atoms with E-state index in [-0.39, 0.29) is 36.9 Å². The number of rotatable bonds is 8. The number of likely N-dealkylation sites (N-methyl/N-ethyl adjacent to an activating group) is 1. The molecule has 1 aliphatic rings. The molecule has 1 heterocycles. The van der Waals surface area contributed by atoms with Gasteiger partial charge in [-0.1, -0.05) is 24.3 Å². The summed E-state index contributed by atoms with van der Waals surface area (Å²) in [5, 5.41) is 4.62. The van der Waals surface area contributed by atoms with Crippen molar-refractivity contribution in [1.29, 1.82) is 0 Å². The highest BCUT2D eigenvalue weighted by atomic mass is 16.5. The van der Waals surface area contributed by atoms with Gasteiger partial charge in [-0.25, -0.2) is 0 Å². The van der Waals surface area contributed by atoms with Crippen molar-refractivity contribution >= 4 is 28.5 Å². The Labute approximate surface area is 188 Å². The predicted molar refractivity (Wildman–Crippen MR) is 122 cm³/mol. The first kappa shape index (κ1) is 23.5. The maximum Gasteiger partial charge on any atom is 0.260 e. The topological polar surface area (TPSA) is 88.2 Å². The quantitative estimate of drug-likeness (QED) is 0.678. The van der Waals surface area contributed by atoms with Crippen molar-refractivity contribution in [2.75, 3.05) is 46.0 Å². The first-order valence-corrected chi connectivity index (χ1v) is 11.0. The van der Waals surface area contributed by atoms with Crippen LogP contribution in [0.25, 0.3) is 10.8 Å². The molecular weight excluding hydrogens is 410 g/mol. The number of hydrogen-bond donors (Lipinski definition) is 1. The molecule has 3 amide bonds. The number of nitrogens with one attached hydrogen (secondary N) is 1. The van der Waals surface area contributed by atoms with E-state index in [2.05, 4.69) is 5.32 Å². The summed E-state index contributed by atoms with van der Waals surface area (Å²) in [6.07, 6.45) is 0. The molecule has 8 nitrogen and oxygen atoms in total. The third-order valence-electron chi connectivity index (χ3n) is 5.25. The van der Waals surface area contributed by atoms with Crippen LogP contribution in [0.5, 0.6) is 5.75 Å². The molecule has 2 aromatic rings. The van der Waals surface area contributed by atoms with E-state index >= 15 is 0 Å². The second kappa shape index (κ2) is 10.9. The van der Waals surface area contributed by atoms with E-state index in [1.165, 1.54) is 4.90 Å². The first-order valence-electron chi connectivity index (χ1n) is 11.0. The van der Waals surface area contributed by atoms with E-state index in [0.29, 0.717) is 44.2 Å². The molecule has 2 aromatic carbocycles. The van der Waals surface area contributed by atoms with Gasteiger partial charge in [-0.15, -0.1) is 0 Å². The number of fused-ring (bicyclic) bond motifs is 1. The summed E-state index contributed by atoms with van der Waals surface area (Å²) in [6, 6.07) is 11.3. The van der Waals surface area contributed by atoms with Gasteiger partial charge >= 0.3 is 0 Å². The third kappa shape index (κ3) is 5.97. The lowest BCUT2D eigenvalue weighted by Gasteiger charge is -2.28. The first-order chi connectivity index (χ1) is 15.4. The van der Waals surface area contributed by atoms with Crippen LogP contribution in [0.2, 0.25) is 0 Å². The van der Waals surface area contributed by atoms with E-state index in [1.807, 2.05) is 45.0 Å². The molecule has 0 bridgehead atoms. The second-order valence-electron chi connectivity index (χ2n) is 8.02. The zero-order chi connectivity index (χ0) is 23.1. The van der Waals surface area contributed by atoms with Crippen LogP contribution in [0.3, 0.4) is 0 Å². The van der Waals surface area contributed by atoms with Gasteiger partial charge in [-0.05, 0) is 43.7 Å². The molecule has 0 radical (unpaired) electrons. The summed E-state index contributed by atoms with van der Waals surface area (Å²) < 4.78 is 11.2. The van der Waals surface area contributed by atoms with Gasteiger partial charge in [0.05, 0.1) is 25.3 Å². The molecule has 0 aliphatic carbocycles. The molecule has 1 aliphatic heterocycles. The summed E-state index contributed by atoms with van der Waals surface area (Å²) in [5.41, 5.74) is 0.416. The Morgan fingerprint density at radius 3 is 2.41 bits per heavy atom. The van der Waals surface area contributed by atoms with E-state index in [1.54, 1.807) is 17.0 Å². The number of nitrogens with zero attached hydrogens (tertiary/aromatic N) is 2. The zero-order valence-corrected chi connectivity index (χ0v) is 18.9. The Bertz CT molecular complexity index is 969. The highest BCUT2D eigenvalue weighted by Gasteiger charge is 2.24. The molecular formula is C24H31N3O5. The van der Waals surface area contributed by atoms with Crippen LogP contribution in [-0.4, -0.2) is 79.6 Å². The molecule has 172 valence electrons. The highest BCUT2D eigenvalue weighted by molar-refractivity contribution is 6.01. The minimum absolute atomic E-state index is 0.00100. The molecule has 0 atom stereocenters. The smallest absolute Gasteiger partial charge is 0.260 e. The Morgan fingerprint density at radius 1 is 1.12 bits per heavy atom. The third-order valence-corrected chi connectivity index (χ3v) is 5.25. The van der Waals surface area contributed by atoms with Crippen LogP contribution in [0.15, 0.2) is 36.4 Å². The van der Waals surface area contributed by atoms with Gasteiger partial charge in [0.2, 0.25) is 5.91 Å². The Morgan fingerprint density at radius 2 is 1.78 bits per heavy atom. The lowest BCUT2D eigenvalue weighted by molar-refractivity contribution is -0.137. The van der Waals surface area contributed by atoms with Crippen LogP contribution in [0.1, 0.15) is 31.1 Å². The SMILES string of the molecule is CCN(CC(=O)NC(C)C)C(=O)COc1cc2ccccc2cc1C(=O)N1CCOCC1. The van der Waals surface area contributed by atoms with Crippen molar-refractivity contribution in [2.24, 2.45) is 0 Å². The van der Waals surface area contributed by atoms with Crippen LogP contribution in [-0.2, 0) is 14.3 Å². The average Bonchev–Trinajstić information content (AvgIpc) is 2.80. The van der Waals surface area contributed by atoms with Gasteiger partial charge in [0.25, 0.3) is 11.8 Å². The lowest BCUT2D eigenvalue weighted by Crippen LogP contribution is -2.44. The van der Waals surface area contributed by atoms with Crippen molar-refractivity contribution in [3.05, 3.63) is 42.0 Å². The largest absolute Gasteiger partial charge is 0.483 e. The van der Waals surface area contributed by atoms with Crippen molar-refractivity contribution < 1.29 is 23.9 Å². The molecule has 0 saturated carbocycles. The van der Waals surface area contributed by atoms with E-state index in [9.17, 15) is 14.4 Å². The molecule has 0 spiro atoms. The van der Waals surface area contributed by atoms with Gasteiger partial charge < -0.3 is 24.6 Å². The standard InChI is InChI=1S/C24H31N3O5/c1-4-26(15-22(28)25-17(2)3)23(29)16-32-21-14-19-8-6-5-7-18(19)13-20(21)24(30)27-9-11-31-12-10-27/h5-8,13-14,17H,4,9-12,15-16H2,1-3H3,(H,25,28). The number of amides is 3. The second-order valence-corrected chi connectivity index (χ2v) is 8.02. The van der Waals surface area contributed by atoms with Crippen LogP contribution >= 0.6 is 0 Å². The number of benzene rings is 2. The molecule has 1 N–H and O–H groups in total. The van der Waals surface area contributed by atoms with Crippen LogP contribution in [0.4, 0.5) is 0 Å². The van der Waals surface area contributed by atoms with Crippen molar-refractivity contribution in [3.63, 3.8) is 0 Å². The number of carbonyl (C=O) groups excluding carboxylic acids is 3. The van der Waals surface area contributed by atoms with Crippen LogP contribution in [0, 0.1) is 0 Å². The molecule has 32 heavy (non-hydrogen) atoms. The number of carbonyl (C=O) groups is 3. The summed E-state index contributed by atoms with van der Waals surface area (Å²) in [5.74, 6) is -0.324. The number of hydrogen-bond acceptors (Lipinski definition) is 5. The minimum atomic E-state index is -0.315. The monoisotopic (exact) mass is 441 g/mol. The summed E-state index contributed by atoms with van der Waals surface area (Å²) in [7, 11) is 0. The fourth-order valence-electron chi connectivity index (χ4n) is 3.59. The number of ether oxygens (including phenoxy) is 2. The van der Waals surface area contributed by atoms with Crippen molar-refractivity contribution in [2.45, 2.75) is 26.8 Å². The summed E-state index contributed by atoms with van der Waals surface area (Å²) in [4.78, 5) is 41.1. The molecule has 0 aromatic heterocycles. The zero-order valence-electron chi connectivity index (χ0n) is 18.9. The highest BCUT2D eigenvalue weighted by Crippen LogP contribution is 2.28. The maximum atomic E-state index is 13.2. The van der Waals surface area contributed by atoms with Gasteiger partial charge in [-0.2, -0.15) is 0 Å². The lowest BCUT2D eigenvalue weighted by atomic mass is 10.0. The summed E-state index contributed by atoms with van der Waals surface area (Å²) in [6.45, 7) is 7.65. The average molecular weight is 442 g/mol. The Hall–Kier alpha value is -3.13. The van der Waals surface area contributed by atoms with Gasteiger partial charge in [-0.3, -0.25) is 14.4 Å². The fourth-order valence-corrected chi connectivity index (χ4v) is 3.59. The van der Waals surface area contributed by atoms with E-state index in [4.69, 9.17) is 9.47 Å². The van der Waals surface area contributed by atoms with Gasteiger partial charge in [0.15, 0.2) is 6.61 Å². The Balaban J connectivity index is 1.78. The normalized spacial score (nSPS) is 13.8. The van der Waals surface area contributed by atoms with Crippen molar-refractivity contribution in [3.8, 4) is 5.75 Å².